The number of aromatic hydroxyl groups is 6. The number of phenolic OH excluding ortho intramolecular Hbond substituents is 5. The molecule has 11 N–H and O–H groups in total. The largest absolute Gasteiger partial charge is 0.571 e. The van der Waals surface area contributed by atoms with Crippen molar-refractivity contribution in [2.75, 3.05) is 13.7 Å². The molecule has 3 aromatic carbocycles. The molecule has 2 saturated heterocycles. The molecule has 0 bridgehead atoms. The van der Waals surface area contributed by atoms with Gasteiger partial charge in [-0.1, -0.05) is 12.1 Å². The number of fused-ring (bicyclic) bond motifs is 1. The molecule has 55 heavy (non-hydrogen) atoms. The number of rotatable bonds is 10. The summed E-state index contributed by atoms with van der Waals surface area (Å²) in [5, 5.41) is 105. The minimum absolute atomic E-state index is 0.0440. The first-order valence-corrected chi connectivity index (χ1v) is 16.9. The number of ether oxygens (including phenoxy) is 7. The Morgan fingerprint density at radius 3 is 2.24 bits per heavy atom. The molecule has 1 unspecified atom stereocenters. The number of hydrogen-bond donors (Lipinski definition) is 10. The first-order chi connectivity index (χ1) is 26.1. The second-order valence-electron chi connectivity index (χ2n) is 13.0. The molecule has 0 spiro atoms. The number of benzene rings is 3. The van der Waals surface area contributed by atoms with E-state index < -0.39 is 91.6 Å². The van der Waals surface area contributed by atoms with Gasteiger partial charge < -0.3 is 84.2 Å². The van der Waals surface area contributed by atoms with Crippen molar-refractivity contribution < 1.29 is 89.0 Å². The zero-order chi connectivity index (χ0) is 39.7. The summed E-state index contributed by atoms with van der Waals surface area (Å²) in [4.78, 5) is 12.5. The van der Waals surface area contributed by atoms with E-state index in [4.69, 9.17) is 28.4 Å². The lowest BCUT2D eigenvalue weighted by Gasteiger charge is -2.43. The molecular weight excluding hydrogens is 732 g/mol. The minimum Gasteiger partial charge on any atom is -0.571 e. The highest BCUT2D eigenvalue weighted by Crippen LogP contribution is 2.48. The SMILES string of the molecule is COc1cc(C2[OH+]c3cc(O)cc(O)c3C=C2O[C@@H]2O[C@H](CO[C@@H]3O[C@@H](C)[C@H](OC(=O)/C=C/c4ccc(O)cc4)[C@@H](O)[C@H]3O)[C@@H](O)[C@H](O)[C@H]2O)cc(O)c1O. The zero-order valence-corrected chi connectivity index (χ0v) is 29.2. The van der Waals surface area contributed by atoms with Crippen LogP contribution in [0.1, 0.15) is 29.7 Å². The maximum Gasteiger partial charge on any atom is 0.331 e. The molecule has 3 aliphatic heterocycles. The van der Waals surface area contributed by atoms with E-state index >= 15 is 0 Å². The van der Waals surface area contributed by atoms with Gasteiger partial charge in [-0.05, 0) is 42.8 Å². The highest BCUT2D eigenvalue weighted by Gasteiger charge is 2.49. The van der Waals surface area contributed by atoms with Crippen LogP contribution in [-0.2, 0) is 28.5 Å². The zero-order valence-electron chi connectivity index (χ0n) is 29.2. The summed E-state index contributed by atoms with van der Waals surface area (Å²) < 4.78 is 38.2. The fourth-order valence-corrected chi connectivity index (χ4v) is 6.26. The summed E-state index contributed by atoms with van der Waals surface area (Å²) in [6.45, 7) is 0.869. The summed E-state index contributed by atoms with van der Waals surface area (Å²) in [6.07, 6.45) is -13.3. The van der Waals surface area contributed by atoms with Crippen LogP contribution in [0.4, 0.5) is 0 Å². The molecule has 3 aromatic rings. The minimum atomic E-state index is -1.87. The van der Waals surface area contributed by atoms with Gasteiger partial charge in [0.2, 0.25) is 12.0 Å². The van der Waals surface area contributed by atoms with E-state index in [2.05, 4.69) is 4.74 Å². The Balaban J connectivity index is 1.15. The van der Waals surface area contributed by atoms with Gasteiger partial charge in [-0.15, -0.1) is 0 Å². The molecule has 0 aliphatic carbocycles. The van der Waals surface area contributed by atoms with Crippen LogP contribution in [0.15, 0.2) is 60.4 Å². The number of methoxy groups -OCH3 is 1. The van der Waals surface area contributed by atoms with Crippen molar-refractivity contribution in [2.24, 2.45) is 0 Å². The molecule has 18 heteroatoms. The fraction of sp³-hybridized carbons (Fsp3) is 0.378. The molecule has 3 heterocycles. The second-order valence-corrected chi connectivity index (χ2v) is 13.0. The fourth-order valence-electron chi connectivity index (χ4n) is 6.26. The Bertz CT molecular complexity index is 1910. The van der Waals surface area contributed by atoms with Crippen molar-refractivity contribution in [3.05, 3.63) is 77.1 Å². The highest BCUT2D eigenvalue weighted by molar-refractivity contribution is 5.87. The van der Waals surface area contributed by atoms with Gasteiger partial charge in [0.25, 0.3) is 11.9 Å². The number of hydrogen-bond acceptors (Lipinski definition) is 17. The van der Waals surface area contributed by atoms with Crippen molar-refractivity contribution in [2.45, 2.75) is 74.4 Å². The average Bonchev–Trinajstić information content (AvgIpc) is 3.15. The molecule has 296 valence electrons. The van der Waals surface area contributed by atoms with Gasteiger partial charge in [-0.2, -0.15) is 0 Å². The lowest BCUT2D eigenvalue weighted by Crippen LogP contribution is -2.61. The lowest BCUT2D eigenvalue weighted by atomic mass is 9.98. The second kappa shape index (κ2) is 16.2. The number of aliphatic hydroxyl groups is 6. The van der Waals surface area contributed by atoms with Crippen LogP contribution in [-0.4, -0.2) is 137 Å². The predicted octanol–water partition coefficient (Wildman–Crippen LogP) is 0.493. The molecule has 2 fully saturated rings. The molecule has 0 amide bonds. The summed E-state index contributed by atoms with van der Waals surface area (Å²) in [5.41, 5.74) is 0.868. The number of phenols is 5. The summed E-state index contributed by atoms with van der Waals surface area (Å²) in [7, 11) is 1.25. The van der Waals surface area contributed by atoms with E-state index in [-0.39, 0.29) is 45.6 Å². The maximum atomic E-state index is 12.5. The van der Waals surface area contributed by atoms with Crippen LogP contribution < -0.4 is 4.74 Å². The highest BCUT2D eigenvalue weighted by atomic mass is 16.7. The van der Waals surface area contributed by atoms with Crippen molar-refractivity contribution >= 4 is 18.1 Å². The van der Waals surface area contributed by atoms with Gasteiger partial charge in [0.15, 0.2) is 29.7 Å². The monoisotopic (exact) mass is 773 g/mol. The first kappa shape index (κ1) is 39.4. The third-order valence-corrected chi connectivity index (χ3v) is 9.24. The smallest absolute Gasteiger partial charge is 0.331 e. The summed E-state index contributed by atoms with van der Waals surface area (Å²) >= 11 is 0. The molecule has 0 saturated carbocycles. The van der Waals surface area contributed by atoms with Crippen LogP contribution in [0.25, 0.3) is 12.2 Å². The molecule has 6 rings (SSSR count). The Hall–Kier alpha value is -5.31. The van der Waals surface area contributed by atoms with Crippen LogP contribution in [0.2, 0.25) is 0 Å². The summed E-state index contributed by atoms with van der Waals surface area (Å²) in [5.74, 6) is -2.76. The lowest BCUT2D eigenvalue weighted by molar-refractivity contribution is -0.325. The average molecular weight is 774 g/mol. The molecular formula is C37H41O18+. The Morgan fingerprint density at radius 1 is 0.818 bits per heavy atom. The van der Waals surface area contributed by atoms with Crippen molar-refractivity contribution in [1.82, 2.24) is 0 Å². The van der Waals surface area contributed by atoms with Crippen LogP contribution in [0.5, 0.6) is 40.2 Å². The van der Waals surface area contributed by atoms with Gasteiger partial charge in [0.1, 0.15) is 59.4 Å². The van der Waals surface area contributed by atoms with Gasteiger partial charge in [0.05, 0.1) is 31.5 Å². The molecule has 3 aliphatic rings. The normalized spacial score (nSPS) is 30.5. The molecule has 0 aromatic heterocycles. The first-order valence-electron chi connectivity index (χ1n) is 16.9. The van der Waals surface area contributed by atoms with E-state index in [0.717, 1.165) is 18.2 Å². The van der Waals surface area contributed by atoms with Gasteiger partial charge in [0, 0.05) is 18.2 Å². The topological polar surface area (TPSA) is 288 Å². The quantitative estimate of drug-likeness (QED) is 0.0581. The maximum absolute atomic E-state index is 12.5. The molecule has 0 radical (unpaired) electrons. The van der Waals surface area contributed by atoms with Crippen molar-refractivity contribution in [3.8, 4) is 40.2 Å². The third kappa shape index (κ3) is 8.36. The number of carbonyl (C=O) groups excluding carboxylic acids is 1. The number of esters is 1. The van der Waals surface area contributed by atoms with Crippen LogP contribution in [0.3, 0.4) is 0 Å². The number of carbonyl (C=O) groups is 1. The van der Waals surface area contributed by atoms with Gasteiger partial charge in [-0.3, -0.25) is 0 Å². The van der Waals surface area contributed by atoms with E-state index in [0.29, 0.717) is 5.56 Å². The molecule has 11 atom stereocenters. The van der Waals surface area contributed by atoms with Crippen LogP contribution in [0, 0.1) is 0 Å². The Morgan fingerprint density at radius 2 is 1.53 bits per heavy atom. The van der Waals surface area contributed by atoms with E-state index in [9.17, 15) is 55.9 Å². The summed E-state index contributed by atoms with van der Waals surface area (Å²) in [6, 6.07) is 10.8. The number of aliphatic hydroxyl groups excluding tert-OH is 5. The van der Waals surface area contributed by atoms with E-state index in [1.54, 1.807) is 12.1 Å². The van der Waals surface area contributed by atoms with Crippen molar-refractivity contribution in [3.63, 3.8) is 0 Å². The third-order valence-electron chi connectivity index (χ3n) is 9.24. The van der Waals surface area contributed by atoms with Crippen molar-refractivity contribution in [1.29, 1.82) is 0 Å². The van der Waals surface area contributed by atoms with Crippen LogP contribution >= 0.6 is 0 Å². The standard InChI is InChI=1S/C37H40O18/c1-15-34(55-27(42)8-5-16-3-6-18(38)7-4-16)31(46)33(48)36(51-15)50-14-26-29(44)30(45)32(47)37(54-26)53-25-13-20-21(40)11-19(39)12-23(20)52-35(25)17-9-22(41)28(43)24(10-17)49-2/h3-13,15,26,29-41,43-48H,14H2,1-2H3/p+1/b8-5+/t15-,26+,29+,30-,31-,32+,33+,34-,35?,36+,37+/m0/s1. The van der Waals surface area contributed by atoms with E-state index in [1.807, 2.05) is 0 Å². The Kier molecular flexibility index (Phi) is 11.6. The molecule has 18 nitrogen and oxygen atoms in total. The Labute approximate surface area is 312 Å². The predicted molar refractivity (Wildman–Crippen MR) is 186 cm³/mol. The van der Waals surface area contributed by atoms with E-state index in [1.165, 1.54) is 50.5 Å². The van der Waals surface area contributed by atoms with Gasteiger partial charge in [-0.25, -0.2) is 4.79 Å². The van der Waals surface area contributed by atoms with Gasteiger partial charge >= 0.3 is 5.97 Å².